The van der Waals surface area contributed by atoms with Gasteiger partial charge in [-0.1, -0.05) is 12.1 Å². The number of rotatable bonds is 4. The van der Waals surface area contributed by atoms with Gasteiger partial charge in [-0.3, -0.25) is 0 Å². The molecular weight excluding hydrogens is 263 g/mol. The van der Waals surface area contributed by atoms with Crippen LogP contribution >= 0.6 is 0 Å². The van der Waals surface area contributed by atoms with Gasteiger partial charge < -0.3 is 5.11 Å². The minimum Gasteiger partial charge on any atom is -0.393 e. The fraction of sp³-hybridized carbons (Fsp3) is 0.684. The Morgan fingerprint density at radius 1 is 1.10 bits per heavy atom. The van der Waals surface area contributed by atoms with E-state index in [0.29, 0.717) is 11.8 Å². The Kier molecular flexibility index (Phi) is 3.33. The van der Waals surface area contributed by atoms with Crippen LogP contribution in [0.15, 0.2) is 24.3 Å². The molecule has 0 amide bonds. The van der Waals surface area contributed by atoms with Gasteiger partial charge in [0.1, 0.15) is 5.82 Å². The summed E-state index contributed by atoms with van der Waals surface area (Å²) < 4.78 is 13.3. The van der Waals surface area contributed by atoms with Crippen molar-refractivity contribution in [2.75, 3.05) is 0 Å². The van der Waals surface area contributed by atoms with Gasteiger partial charge in [0, 0.05) is 0 Å². The molecule has 2 heteroatoms. The fourth-order valence-electron chi connectivity index (χ4n) is 6.05. The summed E-state index contributed by atoms with van der Waals surface area (Å²) in [7, 11) is 0. The molecule has 1 nitrogen and oxygen atoms in total. The van der Waals surface area contributed by atoms with E-state index in [4.69, 9.17) is 0 Å². The first-order valence-corrected chi connectivity index (χ1v) is 8.53. The fourth-order valence-corrected chi connectivity index (χ4v) is 6.05. The lowest BCUT2D eigenvalue weighted by atomic mass is 9.48. The third kappa shape index (κ3) is 2.75. The van der Waals surface area contributed by atoms with Gasteiger partial charge in [-0.15, -0.1) is 0 Å². The van der Waals surface area contributed by atoms with Gasteiger partial charge in [-0.25, -0.2) is 4.39 Å². The second-order valence-corrected chi connectivity index (χ2v) is 8.11. The van der Waals surface area contributed by atoms with E-state index >= 15 is 0 Å². The third-order valence-corrected chi connectivity index (χ3v) is 6.19. The Labute approximate surface area is 126 Å². The molecule has 0 saturated heterocycles. The number of hydrogen-bond donors (Lipinski definition) is 1. The molecule has 0 aromatic heterocycles. The van der Waals surface area contributed by atoms with Crippen LogP contribution in [0.25, 0.3) is 0 Å². The smallest absolute Gasteiger partial charge is 0.123 e. The Morgan fingerprint density at radius 3 is 2.29 bits per heavy atom. The van der Waals surface area contributed by atoms with Crippen molar-refractivity contribution in [1.29, 1.82) is 0 Å². The molecule has 0 radical (unpaired) electrons. The second-order valence-electron chi connectivity index (χ2n) is 8.11. The maximum absolute atomic E-state index is 13.3. The molecule has 5 rings (SSSR count). The molecule has 114 valence electrons. The number of aliphatic hydroxyl groups is 1. The molecule has 1 aromatic carbocycles. The van der Waals surface area contributed by atoms with Crippen molar-refractivity contribution in [2.24, 2.45) is 23.2 Å². The van der Waals surface area contributed by atoms with Crippen LogP contribution in [-0.4, -0.2) is 11.2 Å². The van der Waals surface area contributed by atoms with Crippen LogP contribution < -0.4 is 0 Å². The Morgan fingerprint density at radius 2 is 1.71 bits per heavy atom. The molecule has 4 fully saturated rings. The first kappa shape index (κ1) is 13.8. The predicted molar refractivity (Wildman–Crippen MR) is 81.3 cm³/mol. The van der Waals surface area contributed by atoms with Gasteiger partial charge in [-0.05, 0) is 92.2 Å². The normalized spacial score (nSPS) is 38.7. The number of benzene rings is 1. The van der Waals surface area contributed by atoms with Gasteiger partial charge >= 0.3 is 0 Å². The van der Waals surface area contributed by atoms with E-state index in [1.807, 2.05) is 6.07 Å². The van der Waals surface area contributed by atoms with Crippen LogP contribution in [0.3, 0.4) is 0 Å². The summed E-state index contributed by atoms with van der Waals surface area (Å²) in [6.45, 7) is 0. The summed E-state index contributed by atoms with van der Waals surface area (Å²) in [5.41, 5.74) is 1.33. The van der Waals surface area contributed by atoms with Crippen LogP contribution in [0.1, 0.15) is 50.5 Å². The number of hydrogen-bond acceptors (Lipinski definition) is 1. The van der Waals surface area contributed by atoms with E-state index in [9.17, 15) is 9.50 Å². The largest absolute Gasteiger partial charge is 0.393 e. The molecule has 4 bridgehead atoms. The predicted octanol–water partition coefficient (Wildman–Crippen LogP) is 4.34. The van der Waals surface area contributed by atoms with E-state index in [2.05, 4.69) is 0 Å². The maximum Gasteiger partial charge on any atom is 0.123 e. The minimum atomic E-state index is -0.317. The SMILES string of the molecule is OC(Cc1cccc(F)c1)CC12CC3CC(CC(C3)C1)C2. The molecule has 4 saturated carbocycles. The minimum absolute atomic E-state index is 0.200. The lowest BCUT2D eigenvalue weighted by molar-refractivity contribution is -0.0756. The molecular formula is C19H25FO. The molecule has 0 spiro atoms. The first-order valence-electron chi connectivity index (χ1n) is 8.53. The summed E-state index contributed by atoms with van der Waals surface area (Å²) in [6, 6.07) is 6.69. The molecule has 1 atom stereocenters. The summed E-state index contributed by atoms with van der Waals surface area (Å²) in [5.74, 6) is 2.59. The topological polar surface area (TPSA) is 20.2 Å². The third-order valence-electron chi connectivity index (χ3n) is 6.19. The van der Waals surface area contributed by atoms with Crippen molar-refractivity contribution in [3.05, 3.63) is 35.6 Å². The molecule has 1 aromatic rings. The zero-order valence-electron chi connectivity index (χ0n) is 12.6. The molecule has 21 heavy (non-hydrogen) atoms. The van der Waals surface area contributed by atoms with Gasteiger partial charge in [-0.2, -0.15) is 0 Å². The first-order chi connectivity index (χ1) is 10.1. The van der Waals surface area contributed by atoms with Crippen molar-refractivity contribution in [3.63, 3.8) is 0 Å². The standard InChI is InChI=1S/C19H25FO/c20-17-3-1-2-13(7-17)8-18(21)12-19-9-14-4-15(10-19)6-16(5-14)11-19/h1-3,7,14-16,18,21H,4-6,8-12H2. The summed E-state index contributed by atoms with van der Waals surface area (Å²) >= 11 is 0. The van der Waals surface area contributed by atoms with Crippen LogP contribution in [0, 0.1) is 29.0 Å². The van der Waals surface area contributed by atoms with Gasteiger partial charge in [0.05, 0.1) is 6.10 Å². The van der Waals surface area contributed by atoms with E-state index in [0.717, 1.165) is 29.7 Å². The van der Waals surface area contributed by atoms with E-state index in [1.54, 1.807) is 12.1 Å². The highest BCUT2D eigenvalue weighted by molar-refractivity contribution is 5.17. The van der Waals surface area contributed by atoms with Crippen LogP contribution in [0.4, 0.5) is 4.39 Å². The lowest BCUT2D eigenvalue weighted by Crippen LogP contribution is -2.47. The highest BCUT2D eigenvalue weighted by Crippen LogP contribution is 2.61. The van der Waals surface area contributed by atoms with E-state index in [1.165, 1.54) is 44.6 Å². The molecule has 0 aliphatic heterocycles. The Hall–Kier alpha value is -0.890. The molecule has 0 heterocycles. The van der Waals surface area contributed by atoms with Crippen LogP contribution in [0.2, 0.25) is 0 Å². The van der Waals surface area contributed by atoms with E-state index < -0.39 is 0 Å². The van der Waals surface area contributed by atoms with E-state index in [-0.39, 0.29) is 11.9 Å². The summed E-state index contributed by atoms with van der Waals surface area (Å²) in [4.78, 5) is 0. The van der Waals surface area contributed by atoms with Crippen molar-refractivity contribution in [1.82, 2.24) is 0 Å². The highest BCUT2D eigenvalue weighted by Gasteiger charge is 2.51. The summed E-state index contributed by atoms with van der Waals surface area (Å²) in [6.07, 6.45) is 9.53. The maximum atomic E-state index is 13.3. The molecule has 4 aliphatic rings. The number of aliphatic hydroxyl groups excluding tert-OH is 1. The van der Waals surface area contributed by atoms with Crippen molar-refractivity contribution >= 4 is 0 Å². The second kappa shape index (κ2) is 5.08. The average molecular weight is 288 g/mol. The Balaban J connectivity index is 1.43. The van der Waals surface area contributed by atoms with Crippen molar-refractivity contribution < 1.29 is 9.50 Å². The van der Waals surface area contributed by atoms with Gasteiger partial charge in [0.15, 0.2) is 0 Å². The molecule has 1 unspecified atom stereocenters. The van der Waals surface area contributed by atoms with Gasteiger partial charge in [0.25, 0.3) is 0 Å². The van der Waals surface area contributed by atoms with Crippen LogP contribution in [-0.2, 0) is 6.42 Å². The monoisotopic (exact) mass is 288 g/mol. The zero-order chi connectivity index (χ0) is 14.4. The molecule has 4 aliphatic carbocycles. The van der Waals surface area contributed by atoms with Gasteiger partial charge in [0.2, 0.25) is 0 Å². The zero-order valence-corrected chi connectivity index (χ0v) is 12.6. The summed E-state index contributed by atoms with van der Waals surface area (Å²) in [5, 5.41) is 10.5. The average Bonchev–Trinajstić information content (AvgIpc) is 2.35. The highest BCUT2D eigenvalue weighted by atomic mass is 19.1. The van der Waals surface area contributed by atoms with Crippen LogP contribution in [0.5, 0.6) is 0 Å². The number of halogens is 1. The quantitative estimate of drug-likeness (QED) is 0.874. The molecule has 1 N–H and O–H groups in total. The lowest BCUT2D eigenvalue weighted by Gasteiger charge is -2.57. The Bertz CT molecular complexity index is 489. The van der Waals surface area contributed by atoms with Crippen molar-refractivity contribution in [3.8, 4) is 0 Å². The van der Waals surface area contributed by atoms with Crippen molar-refractivity contribution in [2.45, 2.75) is 57.5 Å².